The predicted octanol–water partition coefficient (Wildman–Crippen LogP) is 6.91. The lowest BCUT2D eigenvalue weighted by Gasteiger charge is -2.39. The number of esters is 1. The quantitative estimate of drug-likeness (QED) is 0.0649. The zero-order chi connectivity index (χ0) is 31.5. The standard InChI is InChI=1S/C33H51O9P/c1-6-7-9-12-26-22-29(34)31(28-21-25(4)13-14-27(28)24(2)3)30(23-26)41-32(35)33(15-10-8-11-16-33)42-43(36,37)40-20-19-39-18-17-38-5/h21-23,27-28,34H,2,6-20H2,1,3-5H3,(H,36,37)/p-1/t27-,28+/m0/s1. The number of rotatable bonds is 17. The molecule has 2 aliphatic rings. The number of unbranched alkanes of at least 4 members (excludes halogenated alkanes) is 2. The van der Waals surface area contributed by atoms with Crippen LogP contribution >= 0.6 is 7.82 Å². The van der Waals surface area contributed by atoms with Gasteiger partial charge in [0.05, 0.1) is 26.4 Å². The SMILES string of the molecule is C=C(C)[C@@H]1CCC(C)=C[C@H]1c1c(O)cc(CCCCC)cc1OC(=O)C1(OP(=O)([O-])OCCOCCOC)CCCCC1. The lowest BCUT2D eigenvalue weighted by molar-refractivity contribution is -0.240. The van der Waals surface area contributed by atoms with Crippen molar-refractivity contribution in [2.24, 2.45) is 5.92 Å². The number of phosphoric acid groups is 1. The number of hydrogen-bond donors (Lipinski definition) is 1. The minimum atomic E-state index is -4.88. The normalized spacial score (nSPS) is 21.6. The van der Waals surface area contributed by atoms with Crippen molar-refractivity contribution in [2.45, 2.75) is 103 Å². The topological polar surface area (TPSA) is 124 Å². The van der Waals surface area contributed by atoms with E-state index in [1.165, 1.54) is 5.57 Å². The lowest BCUT2D eigenvalue weighted by atomic mass is 9.73. The third-order valence-electron chi connectivity index (χ3n) is 8.39. The fourth-order valence-corrected chi connectivity index (χ4v) is 7.09. The Kier molecular flexibility index (Phi) is 13.9. The number of methoxy groups -OCH3 is 1. The molecule has 1 unspecified atom stereocenters. The summed E-state index contributed by atoms with van der Waals surface area (Å²) in [4.78, 5) is 26.9. The van der Waals surface area contributed by atoms with Gasteiger partial charge in [-0.1, -0.05) is 50.0 Å². The largest absolute Gasteiger partial charge is 0.756 e. The summed E-state index contributed by atoms with van der Waals surface area (Å²) >= 11 is 0. The van der Waals surface area contributed by atoms with Gasteiger partial charge in [0, 0.05) is 18.6 Å². The molecule has 242 valence electrons. The van der Waals surface area contributed by atoms with Crippen LogP contribution in [0.4, 0.5) is 0 Å². The smallest absolute Gasteiger partial charge is 0.344 e. The van der Waals surface area contributed by atoms with Gasteiger partial charge in [-0.25, -0.2) is 4.79 Å². The van der Waals surface area contributed by atoms with Crippen LogP contribution in [0.5, 0.6) is 11.5 Å². The average Bonchev–Trinajstić information content (AvgIpc) is 2.95. The fraction of sp³-hybridized carbons (Fsp3) is 0.667. The molecule has 0 spiro atoms. The van der Waals surface area contributed by atoms with Crippen molar-refractivity contribution in [3.05, 3.63) is 47.1 Å². The van der Waals surface area contributed by atoms with Crippen molar-refractivity contribution in [3.63, 3.8) is 0 Å². The van der Waals surface area contributed by atoms with Crippen LogP contribution in [0.1, 0.15) is 102 Å². The minimum Gasteiger partial charge on any atom is -0.756 e. The second-order valence-electron chi connectivity index (χ2n) is 11.9. The third kappa shape index (κ3) is 10.3. The van der Waals surface area contributed by atoms with Crippen LogP contribution < -0.4 is 9.63 Å². The van der Waals surface area contributed by atoms with Crippen LogP contribution in [0.2, 0.25) is 0 Å². The maximum absolute atomic E-state index is 14.0. The van der Waals surface area contributed by atoms with Crippen molar-refractivity contribution in [2.75, 3.05) is 33.5 Å². The maximum Gasteiger partial charge on any atom is 0.344 e. The first kappa shape index (κ1) is 35.5. The van der Waals surface area contributed by atoms with Gasteiger partial charge in [-0.3, -0.25) is 9.09 Å². The molecule has 2 aliphatic carbocycles. The number of carbonyl (C=O) groups excluding carboxylic acids is 1. The molecular formula is C33H50O9P-. The van der Waals surface area contributed by atoms with Crippen molar-refractivity contribution in [3.8, 4) is 11.5 Å². The molecule has 0 bridgehead atoms. The number of hydrogen-bond acceptors (Lipinski definition) is 9. The fourth-order valence-electron chi connectivity index (χ4n) is 6.06. The summed E-state index contributed by atoms with van der Waals surface area (Å²) in [5, 5.41) is 11.4. The summed E-state index contributed by atoms with van der Waals surface area (Å²) in [7, 11) is -3.34. The number of ether oxygens (including phenoxy) is 3. The van der Waals surface area contributed by atoms with Crippen molar-refractivity contribution < 1.29 is 42.6 Å². The molecule has 3 rings (SSSR count). The van der Waals surface area contributed by atoms with Gasteiger partial charge in [0.1, 0.15) is 11.5 Å². The van der Waals surface area contributed by atoms with Gasteiger partial charge in [-0.15, -0.1) is 0 Å². The van der Waals surface area contributed by atoms with Gasteiger partial charge in [0.2, 0.25) is 0 Å². The van der Waals surface area contributed by atoms with Gasteiger partial charge >= 0.3 is 5.97 Å². The van der Waals surface area contributed by atoms with E-state index < -0.39 is 19.4 Å². The Balaban J connectivity index is 1.93. The molecule has 1 N–H and O–H groups in total. The zero-order valence-electron chi connectivity index (χ0n) is 26.4. The number of phenolic OH excluding ortho intramolecular Hbond substituents is 1. The number of allylic oxidation sites excluding steroid dienone is 3. The van der Waals surface area contributed by atoms with E-state index in [-0.39, 0.29) is 49.4 Å². The number of benzene rings is 1. The first-order valence-corrected chi connectivity index (χ1v) is 17.1. The molecule has 1 saturated carbocycles. The second-order valence-corrected chi connectivity index (χ2v) is 13.3. The van der Waals surface area contributed by atoms with E-state index in [0.29, 0.717) is 38.0 Å². The van der Waals surface area contributed by atoms with E-state index in [1.54, 1.807) is 13.2 Å². The highest BCUT2D eigenvalue weighted by molar-refractivity contribution is 7.46. The Morgan fingerprint density at radius 1 is 1.14 bits per heavy atom. The van der Waals surface area contributed by atoms with Crippen LogP contribution in [0, 0.1) is 5.92 Å². The van der Waals surface area contributed by atoms with Gasteiger partial charge in [-0.2, -0.15) is 0 Å². The van der Waals surface area contributed by atoms with Gasteiger partial charge < -0.3 is 28.7 Å². The maximum atomic E-state index is 14.0. The number of aryl methyl sites for hydroxylation is 1. The molecule has 9 nitrogen and oxygen atoms in total. The van der Waals surface area contributed by atoms with E-state index in [0.717, 1.165) is 49.7 Å². The lowest BCUT2D eigenvalue weighted by Crippen LogP contribution is -2.46. The molecule has 0 heterocycles. The first-order valence-electron chi connectivity index (χ1n) is 15.7. The van der Waals surface area contributed by atoms with Crippen LogP contribution in [0.3, 0.4) is 0 Å². The monoisotopic (exact) mass is 621 g/mol. The Hall–Kier alpha value is -2.00. The Morgan fingerprint density at radius 2 is 1.86 bits per heavy atom. The van der Waals surface area contributed by atoms with Crippen molar-refractivity contribution >= 4 is 13.8 Å². The molecule has 0 aromatic heterocycles. The molecule has 3 atom stereocenters. The Labute approximate surface area is 257 Å². The molecule has 43 heavy (non-hydrogen) atoms. The van der Waals surface area contributed by atoms with Crippen molar-refractivity contribution in [1.29, 1.82) is 0 Å². The Morgan fingerprint density at radius 3 is 2.53 bits per heavy atom. The number of aromatic hydroxyl groups is 1. The van der Waals surface area contributed by atoms with E-state index in [2.05, 4.69) is 26.5 Å². The zero-order valence-corrected chi connectivity index (χ0v) is 27.3. The summed E-state index contributed by atoms with van der Waals surface area (Å²) in [5.41, 5.74) is 1.82. The first-order chi connectivity index (χ1) is 20.5. The predicted molar refractivity (Wildman–Crippen MR) is 164 cm³/mol. The van der Waals surface area contributed by atoms with Crippen LogP contribution in [0.15, 0.2) is 35.9 Å². The minimum absolute atomic E-state index is 0.0298. The number of carbonyl (C=O) groups is 1. The van der Waals surface area contributed by atoms with Crippen LogP contribution in [-0.2, 0) is 34.3 Å². The number of phosphoric ester groups is 1. The van der Waals surface area contributed by atoms with Crippen LogP contribution in [0.25, 0.3) is 0 Å². The molecular weight excluding hydrogens is 571 g/mol. The second kappa shape index (κ2) is 16.9. The molecule has 10 heteroatoms. The summed E-state index contributed by atoms with van der Waals surface area (Å²) < 4.78 is 39.8. The van der Waals surface area contributed by atoms with Gasteiger partial charge in [-0.05, 0) is 88.8 Å². The molecule has 0 saturated heterocycles. The van der Waals surface area contributed by atoms with Gasteiger partial charge in [0.15, 0.2) is 5.60 Å². The van der Waals surface area contributed by atoms with Crippen LogP contribution in [-0.4, -0.2) is 50.2 Å². The summed E-state index contributed by atoms with van der Waals surface area (Å²) in [6.45, 7) is 10.8. The molecule has 0 amide bonds. The highest BCUT2D eigenvalue weighted by Gasteiger charge is 2.46. The summed E-state index contributed by atoms with van der Waals surface area (Å²) in [6, 6.07) is 3.58. The molecule has 1 fully saturated rings. The van der Waals surface area contributed by atoms with E-state index in [4.69, 9.17) is 23.3 Å². The summed E-state index contributed by atoms with van der Waals surface area (Å²) in [5.74, 6) is -0.685. The third-order valence-corrected chi connectivity index (χ3v) is 9.47. The molecule has 0 aliphatic heterocycles. The van der Waals surface area contributed by atoms with E-state index in [1.807, 2.05) is 13.0 Å². The average molecular weight is 622 g/mol. The van der Waals surface area contributed by atoms with E-state index >= 15 is 0 Å². The Bertz CT molecular complexity index is 1160. The molecule has 0 radical (unpaired) electrons. The van der Waals surface area contributed by atoms with Crippen molar-refractivity contribution in [1.82, 2.24) is 0 Å². The number of phenols is 1. The van der Waals surface area contributed by atoms with E-state index in [9.17, 15) is 19.4 Å². The molecule has 1 aromatic rings. The highest BCUT2D eigenvalue weighted by atomic mass is 31.2. The highest BCUT2D eigenvalue weighted by Crippen LogP contribution is 2.50. The van der Waals surface area contributed by atoms with Gasteiger partial charge in [0.25, 0.3) is 7.82 Å². The summed E-state index contributed by atoms with van der Waals surface area (Å²) in [6.07, 6.45) is 10.1. The molecule has 1 aromatic carbocycles.